The molecule has 1 aliphatic carbocycles. The Hall–Kier alpha value is -3.08. The summed E-state index contributed by atoms with van der Waals surface area (Å²) in [5.41, 5.74) is -0.635. The van der Waals surface area contributed by atoms with E-state index >= 15 is 0 Å². The van der Waals surface area contributed by atoms with Gasteiger partial charge in [-0.3, -0.25) is 4.79 Å². The molecule has 36 heavy (non-hydrogen) atoms. The van der Waals surface area contributed by atoms with Gasteiger partial charge in [-0.2, -0.15) is 23.1 Å². The van der Waals surface area contributed by atoms with Crippen LogP contribution >= 0.6 is 0 Å². The molecule has 2 aliphatic rings. The molecule has 0 atom stereocenters. The molecule has 1 aromatic carbocycles. The number of amides is 1. The van der Waals surface area contributed by atoms with Crippen molar-refractivity contribution >= 4 is 23.5 Å². The zero-order valence-electron chi connectivity index (χ0n) is 20.7. The summed E-state index contributed by atoms with van der Waals surface area (Å²) in [6.07, 6.45) is -1.62. The molecule has 0 spiro atoms. The molecule has 196 valence electrons. The van der Waals surface area contributed by atoms with Crippen LogP contribution in [0.4, 0.5) is 30.8 Å². The van der Waals surface area contributed by atoms with Crippen molar-refractivity contribution in [2.45, 2.75) is 44.4 Å². The van der Waals surface area contributed by atoms with E-state index in [4.69, 9.17) is 4.98 Å². The Balaban J connectivity index is 1.30. The summed E-state index contributed by atoms with van der Waals surface area (Å²) in [5, 5.41) is 9.24. The number of hydrogen-bond donors (Lipinski definition) is 3. The summed E-state index contributed by atoms with van der Waals surface area (Å²) in [5.74, 6) is 1.78. The molecular formula is C25H34F3N7O. The largest absolute Gasteiger partial charge is 0.416 e. The number of carbonyl (C=O) groups excluding carboxylic acids is 1. The first-order chi connectivity index (χ1) is 17.2. The number of aromatic nitrogens is 2. The topological polar surface area (TPSA) is 85.4 Å². The summed E-state index contributed by atoms with van der Waals surface area (Å²) in [6.45, 7) is 3.64. The average molecular weight is 506 g/mol. The number of likely N-dealkylation sites (N-methyl/N-ethyl adjacent to an activating group) is 1. The van der Waals surface area contributed by atoms with Crippen molar-refractivity contribution in [2.75, 3.05) is 55.8 Å². The van der Waals surface area contributed by atoms with E-state index in [-0.39, 0.29) is 30.0 Å². The monoisotopic (exact) mass is 505 g/mol. The van der Waals surface area contributed by atoms with E-state index in [1.54, 1.807) is 6.07 Å². The molecule has 1 saturated carbocycles. The zero-order valence-corrected chi connectivity index (χ0v) is 20.7. The first-order valence-electron chi connectivity index (χ1n) is 12.4. The molecule has 2 heterocycles. The lowest BCUT2D eigenvalue weighted by Gasteiger charge is -2.33. The second kappa shape index (κ2) is 11.3. The van der Waals surface area contributed by atoms with E-state index in [2.05, 4.69) is 37.8 Å². The maximum absolute atomic E-state index is 13.2. The second-order valence-electron chi connectivity index (χ2n) is 9.54. The van der Waals surface area contributed by atoms with Crippen LogP contribution < -0.4 is 20.9 Å². The number of halogens is 3. The van der Waals surface area contributed by atoms with Crippen LogP contribution in [0.3, 0.4) is 0 Å². The molecule has 0 unspecified atom stereocenters. The lowest BCUT2D eigenvalue weighted by atomic mass is 9.85. The second-order valence-corrected chi connectivity index (χ2v) is 9.54. The Labute approximate surface area is 209 Å². The third-order valence-electron chi connectivity index (χ3n) is 7.00. The van der Waals surface area contributed by atoms with Crippen LogP contribution in [0.2, 0.25) is 0 Å². The summed E-state index contributed by atoms with van der Waals surface area (Å²) in [4.78, 5) is 26.5. The Morgan fingerprint density at radius 1 is 1.06 bits per heavy atom. The molecular weight excluding hydrogens is 471 g/mol. The van der Waals surface area contributed by atoms with E-state index in [9.17, 15) is 18.0 Å². The SMILES string of the molecule is CNc1cc(N2CCN(C)CC2)nc(N[C@H]2CC[C@@H](C(=O)NCc3ccccc3C(F)(F)F)CC2)n1. The molecule has 3 N–H and O–H groups in total. The lowest BCUT2D eigenvalue weighted by Crippen LogP contribution is -2.45. The van der Waals surface area contributed by atoms with Gasteiger partial charge in [-0.05, 0) is 44.4 Å². The van der Waals surface area contributed by atoms with Crippen LogP contribution in [-0.2, 0) is 17.5 Å². The fraction of sp³-hybridized carbons (Fsp3) is 0.560. The Bertz CT molecular complexity index is 1030. The van der Waals surface area contributed by atoms with Gasteiger partial charge in [0.25, 0.3) is 0 Å². The number of benzene rings is 1. The van der Waals surface area contributed by atoms with Gasteiger partial charge in [0.15, 0.2) is 0 Å². The van der Waals surface area contributed by atoms with Crippen molar-refractivity contribution in [1.82, 2.24) is 20.2 Å². The van der Waals surface area contributed by atoms with E-state index in [1.165, 1.54) is 12.1 Å². The van der Waals surface area contributed by atoms with Crippen LogP contribution in [0.5, 0.6) is 0 Å². The lowest BCUT2D eigenvalue weighted by molar-refractivity contribution is -0.138. The van der Waals surface area contributed by atoms with Crippen LogP contribution in [0, 0.1) is 5.92 Å². The Morgan fingerprint density at radius 3 is 2.42 bits per heavy atom. The standard InChI is InChI=1S/C25H34F3N7O/c1-29-21-15-22(35-13-11-34(2)12-14-35)33-24(32-21)31-19-9-7-17(8-10-19)23(36)30-16-18-5-3-4-6-20(18)25(26,27)28/h3-6,15,17,19H,7-14,16H2,1-2H3,(H,30,36)(H2,29,31,32,33)/t17-,19+. The minimum absolute atomic E-state index is 0.0754. The van der Waals surface area contributed by atoms with Gasteiger partial charge in [0.05, 0.1) is 5.56 Å². The van der Waals surface area contributed by atoms with Crippen molar-refractivity contribution in [2.24, 2.45) is 5.92 Å². The highest BCUT2D eigenvalue weighted by Gasteiger charge is 2.33. The van der Waals surface area contributed by atoms with Gasteiger partial charge in [0, 0.05) is 57.8 Å². The molecule has 4 rings (SSSR count). The first kappa shape index (κ1) is 26.0. The van der Waals surface area contributed by atoms with Crippen LogP contribution in [0.1, 0.15) is 36.8 Å². The summed E-state index contributed by atoms with van der Waals surface area (Å²) in [6, 6.07) is 7.43. The Kier molecular flexibility index (Phi) is 8.17. The molecule has 0 bridgehead atoms. The minimum atomic E-state index is -4.44. The van der Waals surface area contributed by atoms with Gasteiger partial charge >= 0.3 is 6.18 Å². The van der Waals surface area contributed by atoms with Gasteiger partial charge in [0.2, 0.25) is 11.9 Å². The number of hydrogen-bond acceptors (Lipinski definition) is 7. The third-order valence-corrected chi connectivity index (χ3v) is 7.00. The highest BCUT2D eigenvalue weighted by Crippen LogP contribution is 2.32. The molecule has 1 saturated heterocycles. The van der Waals surface area contributed by atoms with Crippen molar-refractivity contribution in [1.29, 1.82) is 0 Å². The van der Waals surface area contributed by atoms with Crippen LogP contribution in [0.25, 0.3) is 0 Å². The highest BCUT2D eigenvalue weighted by atomic mass is 19.4. The fourth-order valence-electron chi connectivity index (χ4n) is 4.78. The predicted molar refractivity (Wildman–Crippen MR) is 134 cm³/mol. The van der Waals surface area contributed by atoms with Crippen LogP contribution in [-0.4, -0.2) is 67.1 Å². The number of piperazine rings is 1. The van der Waals surface area contributed by atoms with Gasteiger partial charge in [-0.25, -0.2) is 0 Å². The maximum Gasteiger partial charge on any atom is 0.416 e. The molecule has 1 aliphatic heterocycles. The normalized spacial score (nSPS) is 21.2. The van der Waals surface area contributed by atoms with E-state index in [0.29, 0.717) is 18.8 Å². The molecule has 11 heteroatoms. The number of anilines is 3. The van der Waals surface area contributed by atoms with Crippen molar-refractivity contribution in [3.8, 4) is 0 Å². The van der Waals surface area contributed by atoms with Gasteiger partial charge in [0.1, 0.15) is 11.6 Å². The molecule has 0 radical (unpaired) electrons. The third kappa shape index (κ3) is 6.57. The first-order valence-corrected chi connectivity index (χ1v) is 12.4. The average Bonchev–Trinajstić information content (AvgIpc) is 2.87. The van der Waals surface area contributed by atoms with E-state index in [1.807, 2.05) is 13.1 Å². The van der Waals surface area contributed by atoms with Crippen molar-refractivity contribution < 1.29 is 18.0 Å². The molecule has 2 aromatic rings. The smallest absolute Gasteiger partial charge is 0.373 e. The Morgan fingerprint density at radius 2 is 1.75 bits per heavy atom. The van der Waals surface area contributed by atoms with Gasteiger partial charge < -0.3 is 25.8 Å². The zero-order chi connectivity index (χ0) is 25.7. The van der Waals surface area contributed by atoms with E-state index < -0.39 is 11.7 Å². The molecule has 1 amide bonds. The number of rotatable bonds is 7. The summed E-state index contributed by atoms with van der Waals surface area (Å²) in [7, 11) is 3.94. The predicted octanol–water partition coefficient (Wildman–Crippen LogP) is 3.58. The molecule has 2 fully saturated rings. The fourth-order valence-corrected chi connectivity index (χ4v) is 4.78. The van der Waals surface area contributed by atoms with Crippen molar-refractivity contribution in [3.05, 3.63) is 41.5 Å². The van der Waals surface area contributed by atoms with Crippen LogP contribution in [0.15, 0.2) is 30.3 Å². The van der Waals surface area contributed by atoms with Gasteiger partial charge in [-0.1, -0.05) is 18.2 Å². The number of carbonyl (C=O) groups is 1. The van der Waals surface area contributed by atoms with Gasteiger partial charge in [-0.15, -0.1) is 0 Å². The van der Waals surface area contributed by atoms with E-state index in [0.717, 1.165) is 56.7 Å². The minimum Gasteiger partial charge on any atom is -0.373 e. The molecule has 8 nitrogen and oxygen atoms in total. The summed E-state index contributed by atoms with van der Waals surface area (Å²) < 4.78 is 39.6. The highest BCUT2D eigenvalue weighted by molar-refractivity contribution is 5.78. The quantitative estimate of drug-likeness (QED) is 0.531. The maximum atomic E-state index is 13.2. The number of alkyl halides is 3. The molecule has 1 aromatic heterocycles. The number of nitrogens with one attached hydrogen (secondary N) is 3. The summed E-state index contributed by atoms with van der Waals surface area (Å²) >= 11 is 0. The number of nitrogens with zero attached hydrogens (tertiary/aromatic N) is 4. The van der Waals surface area contributed by atoms with Crippen molar-refractivity contribution in [3.63, 3.8) is 0 Å².